The van der Waals surface area contributed by atoms with Crippen molar-refractivity contribution in [2.75, 3.05) is 25.6 Å². The molecule has 0 aliphatic rings. The number of pyridine rings is 2. The highest BCUT2D eigenvalue weighted by Crippen LogP contribution is 2.28. The predicted octanol–water partition coefficient (Wildman–Crippen LogP) is 3.16. The Hall–Kier alpha value is -3.25. The normalized spacial score (nSPS) is 10.2. The molecule has 3 rings (SSSR count). The molecule has 0 saturated carbocycles. The summed E-state index contributed by atoms with van der Waals surface area (Å²) in [7, 11) is 1.65. The van der Waals surface area contributed by atoms with Gasteiger partial charge in [0.05, 0.1) is 11.1 Å². The second-order valence-electron chi connectivity index (χ2n) is 5.70. The molecule has 3 heterocycles. The Morgan fingerprint density at radius 1 is 0.900 bits per heavy atom. The summed E-state index contributed by atoms with van der Waals surface area (Å²) < 4.78 is 5.06. The summed E-state index contributed by atoms with van der Waals surface area (Å²) in [6, 6.07) is 11.0. The van der Waals surface area contributed by atoms with E-state index in [1.165, 1.54) is 35.9 Å². The van der Waals surface area contributed by atoms with Gasteiger partial charge in [0.2, 0.25) is 5.95 Å². The number of nitrogens with one attached hydrogen (secondary N) is 1. The molecule has 0 spiro atoms. The van der Waals surface area contributed by atoms with Gasteiger partial charge < -0.3 is 10.1 Å². The molecule has 0 atom stereocenters. The number of ether oxygens (including phenoxy) is 1. The average molecular weight is 437 g/mol. The topological polar surface area (TPSA) is 133 Å². The molecule has 150 valence electrons. The van der Waals surface area contributed by atoms with Crippen LogP contribution in [0.3, 0.4) is 0 Å². The smallest absolute Gasteiger partial charge is 0.227 e. The van der Waals surface area contributed by atoms with Crippen molar-refractivity contribution in [2.24, 2.45) is 0 Å². The minimum absolute atomic E-state index is 0.438. The Bertz CT molecular complexity index is 984. The Balaban J connectivity index is 1.81. The van der Waals surface area contributed by atoms with Crippen LogP contribution in [-0.4, -0.2) is 45.2 Å². The molecular weight excluding hydrogens is 420 g/mol. The first kappa shape index (κ1) is 21.5. The second-order valence-corrected chi connectivity index (χ2v) is 7.67. The maximum Gasteiger partial charge on any atom is 0.227 e. The van der Waals surface area contributed by atoms with Gasteiger partial charge in [-0.1, -0.05) is 0 Å². The van der Waals surface area contributed by atoms with Crippen molar-refractivity contribution in [3.63, 3.8) is 0 Å². The summed E-state index contributed by atoms with van der Waals surface area (Å²) in [5, 5.41) is 23.3. The zero-order chi connectivity index (χ0) is 21.2. The van der Waals surface area contributed by atoms with Crippen LogP contribution in [-0.2, 0) is 4.74 Å². The molecule has 1 N–H and O–H groups in total. The molecule has 0 aliphatic carbocycles. The van der Waals surface area contributed by atoms with Crippen molar-refractivity contribution in [1.29, 1.82) is 10.5 Å². The van der Waals surface area contributed by atoms with Crippen LogP contribution in [0.25, 0.3) is 0 Å². The maximum atomic E-state index is 8.91. The summed E-state index contributed by atoms with van der Waals surface area (Å²) in [5.74, 6) is 0.438. The highest BCUT2D eigenvalue weighted by Gasteiger charge is 2.11. The number of anilines is 1. The third kappa shape index (κ3) is 6.39. The number of nitrogens with zero attached hydrogens (tertiary/aromatic N) is 7. The highest BCUT2D eigenvalue weighted by atomic mass is 32.2. The predicted molar refractivity (Wildman–Crippen MR) is 111 cm³/mol. The number of hydrogen-bond acceptors (Lipinski definition) is 11. The lowest BCUT2D eigenvalue weighted by atomic mass is 10.3. The molecule has 9 nitrogen and oxygen atoms in total. The maximum absolute atomic E-state index is 8.91. The van der Waals surface area contributed by atoms with Gasteiger partial charge in [-0.05, 0) is 54.2 Å². The molecule has 0 fully saturated rings. The van der Waals surface area contributed by atoms with E-state index in [-0.39, 0.29) is 0 Å². The monoisotopic (exact) mass is 436 g/mol. The zero-order valence-corrected chi connectivity index (χ0v) is 17.6. The SMILES string of the molecule is COCCCNc1nc(Sc2ccc(C#N)cn2)nc(Sc2ccc(C#N)cn2)n1. The second kappa shape index (κ2) is 11.1. The third-order valence-electron chi connectivity index (χ3n) is 3.53. The van der Waals surface area contributed by atoms with Crippen LogP contribution in [0.4, 0.5) is 5.95 Å². The molecule has 3 aromatic heterocycles. The van der Waals surface area contributed by atoms with Gasteiger partial charge >= 0.3 is 0 Å². The Morgan fingerprint density at radius 2 is 1.47 bits per heavy atom. The minimum Gasteiger partial charge on any atom is -0.385 e. The van der Waals surface area contributed by atoms with Crippen molar-refractivity contribution >= 4 is 29.5 Å². The minimum atomic E-state index is 0.438. The van der Waals surface area contributed by atoms with Crippen LogP contribution < -0.4 is 5.32 Å². The lowest BCUT2D eigenvalue weighted by molar-refractivity contribution is 0.197. The fraction of sp³-hybridized carbons (Fsp3) is 0.211. The first-order chi connectivity index (χ1) is 14.7. The van der Waals surface area contributed by atoms with Crippen LogP contribution in [0, 0.1) is 22.7 Å². The van der Waals surface area contributed by atoms with E-state index in [0.717, 1.165) is 6.42 Å². The Kier molecular flexibility index (Phi) is 7.92. The molecule has 0 saturated heterocycles. The van der Waals surface area contributed by atoms with Gasteiger partial charge in [0.1, 0.15) is 22.2 Å². The van der Waals surface area contributed by atoms with Gasteiger partial charge in [-0.3, -0.25) is 0 Å². The van der Waals surface area contributed by atoms with Crippen molar-refractivity contribution in [3.8, 4) is 12.1 Å². The number of methoxy groups -OCH3 is 1. The molecule has 0 bridgehead atoms. The van der Waals surface area contributed by atoms with E-state index in [1.54, 1.807) is 31.4 Å². The van der Waals surface area contributed by atoms with E-state index in [0.29, 0.717) is 50.6 Å². The highest BCUT2D eigenvalue weighted by molar-refractivity contribution is 7.99. The van der Waals surface area contributed by atoms with E-state index < -0.39 is 0 Å². The number of rotatable bonds is 9. The molecule has 11 heteroatoms. The van der Waals surface area contributed by atoms with Crippen molar-refractivity contribution < 1.29 is 4.74 Å². The Labute approximate surface area is 182 Å². The van der Waals surface area contributed by atoms with Crippen LogP contribution in [0.2, 0.25) is 0 Å². The zero-order valence-electron chi connectivity index (χ0n) is 15.9. The largest absolute Gasteiger partial charge is 0.385 e. The third-order valence-corrected chi connectivity index (χ3v) is 5.16. The molecule has 0 amide bonds. The van der Waals surface area contributed by atoms with E-state index in [9.17, 15) is 0 Å². The van der Waals surface area contributed by atoms with E-state index in [2.05, 4.69) is 30.2 Å². The van der Waals surface area contributed by atoms with Crippen molar-refractivity contribution in [1.82, 2.24) is 24.9 Å². The van der Waals surface area contributed by atoms with Gasteiger partial charge in [-0.2, -0.15) is 25.5 Å². The molecule has 30 heavy (non-hydrogen) atoms. The van der Waals surface area contributed by atoms with Gasteiger partial charge in [0.15, 0.2) is 10.3 Å². The summed E-state index contributed by atoms with van der Waals surface area (Å²) in [6.07, 6.45) is 3.81. The van der Waals surface area contributed by atoms with E-state index in [4.69, 9.17) is 15.3 Å². The summed E-state index contributed by atoms with van der Waals surface area (Å²) >= 11 is 2.54. The lowest BCUT2D eigenvalue weighted by Gasteiger charge is -2.08. The van der Waals surface area contributed by atoms with Crippen LogP contribution in [0.15, 0.2) is 57.0 Å². The van der Waals surface area contributed by atoms with Gasteiger partial charge in [-0.25, -0.2) is 9.97 Å². The summed E-state index contributed by atoms with van der Waals surface area (Å²) in [4.78, 5) is 21.9. The standard InChI is InChI=1S/C19H16N8OS2/c1-28-8-2-7-22-17-25-18(29-15-5-3-13(9-20)11-23-15)27-19(26-17)30-16-6-4-14(10-21)12-24-16/h3-6,11-12H,2,7-8H2,1H3,(H,22,25,26,27). The molecular formula is C19H16N8OS2. The first-order valence-electron chi connectivity index (χ1n) is 8.77. The van der Waals surface area contributed by atoms with Crippen molar-refractivity contribution in [3.05, 3.63) is 47.8 Å². The average Bonchev–Trinajstić information content (AvgIpc) is 2.78. The number of aromatic nitrogens is 5. The fourth-order valence-corrected chi connectivity index (χ4v) is 3.57. The quantitative estimate of drug-likeness (QED) is 0.496. The first-order valence-corrected chi connectivity index (χ1v) is 10.4. The fourth-order valence-electron chi connectivity index (χ4n) is 2.13. The van der Waals surface area contributed by atoms with E-state index in [1.807, 2.05) is 12.1 Å². The van der Waals surface area contributed by atoms with E-state index >= 15 is 0 Å². The summed E-state index contributed by atoms with van der Waals surface area (Å²) in [5.41, 5.74) is 0.970. The van der Waals surface area contributed by atoms with Crippen LogP contribution in [0.1, 0.15) is 17.5 Å². The molecule has 0 aliphatic heterocycles. The van der Waals surface area contributed by atoms with Gasteiger partial charge in [-0.15, -0.1) is 0 Å². The Morgan fingerprint density at radius 3 is 1.90 bits per heavy atom. The van der Waals surface area contributed by atoms with Crippen molar-refractivity contribution in [2.45, 2.75) is 26.8 Å². The van der Waals surface area contributed by atoms with Gasteiger partial charge in [0.25, 0.3) is 0 Å². The number of nitriles is 2. The summed E-state index contributed by atoms with van der Waals surface area (Å²) in [6.45, 7) is 1.28. The lowest BCUT2D eigenvalue weighted by Crippen LogP contribution is -2.09. The number of hydrogen-bond donors (Lipinski definition) is 1. The molecule has 3 aromatic rings. The van der Waals surface area contributed by atoms with Crippen LogP contribution >= 0.6 is 23.5 Å². The van der Waals surface area contributed by atoms with Gasteiger partial charge in [0, 0.05) is 32.7 Å². The van der Waals surface area contributed by atoms with Crippen LogP contribution in [0.5, 0.6) is 0 Å². The molecule has 0 radical (unpaired) electrons. The molecule has 0 aromatic carbocycles. The molecule has 0 unspecified atom stereocenters.